The van der Waals surface area contributed by atoms with E-state index in [1.54, 1.807) is 0 Å². The smallest absolute Gasteiger partial charge is 0.243 e. The number of nitrogens with one attached hydrogen (secondary N) is 1. The van der Waals surface area contributed by atoms with Gasteiger partial charge >= 0.3 is 0 Å². The van der Waals surface area contributed by atoms with Crippen LogP contribution < -0.4 is 10.5 Å². The maximum absolute atomic E-state index is 13.6. The summed E-state index contributed by atoms with van der Waals surface area (Å²) in [4.78, 5) is -0.490. The fourth-order valence-corrected chi connectivity index (χ4v) is 3.74. The average Bonchev–Trinajstić information content (AvgIpc) is 2.43. The zero-order chi connectivity index (χ0) is 15.7. The molecule has 2 rings (SSSR count). The Bertz CT molecular complexity index is 611. The van der Waals surface area contributed by atoms with Crippen molar-refractivity contribution in [1.82, 2.24) is 4.72 Å². The predicted molar refractivity (Wildman–Crippen MR) is 78.6 cm³/mol. The van der Waals surface area contributed by atoms with Gasteiger partial charge in [-0.15, -0.1) is 0 Å². The first-order chi connectivity index (χ1) is 9.72. The molecule has 1 aromatic rings. The van der Waals surface area contributed by atoms with Gasteiger partial charge in [0.2, 0.25) is 10.0 Å². The van der Waals surface area contributed by atoms with Crippen molar-refractivity contribution in [3.05, 3.63) is 24.0 Å². The quantitative estimate of drug-likeness (QED) is 0.736. The molecule has 1 aliphatic rings. The van der Waals surface area contributed by atoms with E-state index in [1.165, 1.54) is 6.07 Å². The van der Waals surface area contributed by atoms with Crippen LogP contribution in [0.25, 0.3) is 0 Å². The molecule has 21 heavy (non-hydrogen) atoms. The largest absolute Gasteiger partial charge is 0.399 e. The van der Waals surface area contributed by atoms with Gasteiger partial charge in [-0.2, -0.15) is 0 Å². The molecule has 118 valence electrons. The van der Waals surface area contributed by atoms with Gasteiger partial charge in [-0.05, 0) is 49.8 Å². The van der Waals surface area contributed by atoms with E-state index in [0.717, 1.165) is 25.0 Å². The van der Waals surface area contributed by atoms with E-state index in [-0.39, 0.29) is 12.2 Å². The molecule has 0 spiro atoms. The Labute approximate surface area is 124 Å². The molecular weight excluding hydrogens is 295 g/mol. The van der Waals surface area contributed by atoms with Crippen molar-refractivity contribution in [2.45, 2.75) is 43.1 Å². The summed E-state index contributed by atoms with van der Waals surface area (Å²) < 4.78 is 40.2. The summed E-state index contributed by atoms with van der Waals surface area (Å²) in [5.74, 6) is -0.325. The van der Waals surface area contributed by atoms with E-state index in [2.05, 4.69) is 11.6 Å². The van der Waals surface area contributed by atoms with Crippen LogP contribution in [0.4, 0.5) is 10.1 Å². The van der Waals surface area contributed by atoms with Gasteiger partial charge in [0.15, 0.2) is 0 Å². The molecule has 0 amide bonds. The van der Waals surface area contributed by atoms with Crippen LogP contribution in [-0.2, 0) is 10.0 Å². The van der Waals surface area contributed by atoms with Crippen LogP contribution in [0.2, 0.25) is 0 Å². The molecule has 1 saturated carbocycles. The summed E-state index contributed by atoms with van der Waals surface area (Å²) in [6.07, 6.45) is 2.78. The number of halogens is 1. The number of nitrogen functional groups attached to an aromatic ring is 1. The van der Waals surface area contributed by atoms with Crippen molar-refractivity contribution in [3.63, 3.8) is 0 Å². The lowest BCUT2D eigenvalue weighted by Crippen LogP contribution is -2.45. The number of anilines is 1. The maximum Gasteiger partial charge on any atom is 0.243 e. The van der Waals surface area contributed by atoms with Gasteiger partial charge in [-0.1, -0.05) is 6.92 Å². The van der Waals surface area contributed by atoms with E-state index in [9.17, 15) is 17.9 Å². The van der Waals surface area contributed by atoms with Crippen molar-refractivity contribution in [3.8, 4) is 0 Å². The molecule has 0 unspecified atom stereocenters. The van der Waals surface area contributed by atoms with Crippen LogP contribution in [0.1, 0.15) is 32.6 Å². The van der Waals surface area contributed by atoms with Crippen LogP contribution in [0.3, 0.4) is 0 Å². The summed E-state index contributed by atoms with van der Waals surface area (Å²) in [7, 11) is -4.03. The lowest BCUT2D eigenvalue weighted by Gasteiger charge is -2.34. The molecule has 0 atom stereocenters. The summed E-state index contributed by atoms with van der Waals surface area (Å²) >= 11 is 0. The minimum atomic E-state index is -4.03. The molecule has 0 aliphatic heterocycles. The highest BCUT2D eigenvalue weighted by Crippen LogP contribution is 2.31. The van der Waals surface area contributed by atoms with Crippen LogP contribution >= 0.6 is 0 Å². The summed E-state index contributed by atoms with van der Waals surface area (Å²) in [6.45, 7) is 1.99. The SMILES string of the molecule is CC1CCC(O)(CNS(=O)(=O)c2cc(N)ccc2F)CC1. The molecule has 0 radical (unpaired) electrons. The topological polar surface area (TPSA) is 92.4 Å². The Morgan fingerprint density at radius 2 is 2.05 bits per heavy atom. The fraction of sp³-hybridized carbons (Fsp3) is 0.571. The second kappa shape index (κ2) is 5.90. The van der Waals surface area contributed by atoms with Crippen molar-refractivity contribution in [2.24, 2.45) is 5.92 Å². The number of nitrogens with two attached hydrogens (primary N) is 1. The monoisotopic (exact) mass is 316 g/mol. The number of benzene rings is 1. The average molecular weight is 316 g/mol. The minimum Gasteiger partial charge on any atom is -0.399 e. The van der Waals surface area contributed by atoms with Gasteiger partial charge in [-0.3, -0.25) is 0 Å². The number of hydrogen-bond acceptors (Lipinski definition) is 4. The number of sulfonamides is 1. The van der Waals surface area contributed by atoms with Gasteiger partial charge in [0.25, 0.3) is 0 Å². The second-order valence-corrected chi connectivity index (χ2v) is 7.66. The Kier molecular flexibility index (Phi) is 4.55. The molecule has 7 heteroatoms. The Hall–Kier alpha value is -1.18. The van der Waals surface area contributed by atoms with E-state index in [1.807, 2.05) is 0 Å². The lowest BCUT2D eigenvalue weighted by atomic mass is 9.80. The van der Waals surface area contributed by atoms with Gasteiger partial charge in [0.05, 0.1) is 5.60 Å². The zero-order valence-corrected chi connectivity index (χ0v) is 12.8. The normalized spacial score (nSPS) is 26.7. The molecule has 1 aromatic carbocycles. The van der Waals surface area contributed by atoms with Crippen LogP contribution in [0.15, 0.2) is 23.1 Å². The molecule has 5 nitrogen and oxygen atoms in total. The van der Waals surface area contributed by atoms with Crippen LogP contribution in [-0.4, -0.2) is 25.7 Å². The predicted octanol–water partition coefficient (Wildman–Crippen LogP) is 1.63. The zero-order valence-electron chi connectivity index (χ0n) is 12.0. The second-order valence-electron chi connectivity index (χ2n) is 5.92. The van der Waals surface area contributed by atoms with E-state index >= 15 is 0 Å². The van der Waals surface area contributed by atoms with Crippen LogP contribution in [0.5, 0.6) is 0 Å². The number of aliphatic hydroxyl groups is 1. The summed E-state index contributed by atoms with van der Waals surface area (Å²) in [6, 6.07) is 3.38. The highest BCUT2D eigenvalue weighted by molar-refractivity contribution is 7.89. The third-order valence-corrected chi connectivity index (χ3v) is 5.46. The van der Waals surface area contributed by atoms with Crippen molar-refractivity contribution < 1.29 is 17.9 Å². The Morgan fingerprint density at radius 3 is 2.67 bits per heavy atom. The third kappa shape index (κ3) is 3.93. The minimum absolute atomic E-state index is 0.115. The standard InChI is InChI=1S/C14H21FN2O3S/c1-10-4-6-14(18,7-5-10)9-17-21(19,20)13-8-11(16)2-3-12(13)15/h2-3,8,10,17-18H,4-7,9,16H2,1H3. The Balaban J connectivity index is 2.09. The van der Waals surface area contributed by atoms with Gasteiger partial charge in [0, 0.05) is 12.2 Å². The van der Waals surface area contributed by atoms with E-state index in [0.29, 0.717) is 18.8 Å². The van der Waals surface area contributed by atoms with Crippen molar-refractivity contribution in [1.29, 1.82) is 0 Å². The highest BCUT2D eigenvalue weighted by atomic mass is 32.2. The summed E-state index contributed by atoms with van der Waals surface area (Å²) in [5, 5.41) is 10.4. The van der Waals surface area contributed by atoms with Crippen LogP contribution in [0, 0.1) is 11.7 Å². The number of rotatable bonds is 4. The summed E-state index contributed by atoms with van der Waals surface area (Å²) in [5.41, 5.74) is 4.61. The Morgan fingerprint density at radius 1 is 1.43 bits per heavy atom. The van der Waals surface area contributed by atoms with Gasteiger partial charge in [0.1, 0.15) is 10.7 Å². The molecule has 1 fully saturated rings. The first-order valence-electron chi connectivity index (χ1n) is 6.99. The van der Waals surface area contributed by atoms with E-state index < -0.39 is 26.3 Å². The molecule has 0 bridgehead atoms. The fourth-order valence-electron chi connectivity index (χ4n) is 2.51. The van der Waals surface area contributed by atoms with E-state index in [4.69, 9.17) is 5.73 Å². The molecule has 0 heterocycles. The van der Waals surface area contributed by atoms with Crippen molar-refractivity contribution >= 4 is 15.7 Å². The first-order valence-corrected chi connectivity index (χ1v) is 8.47. The van der Waals surface area contributed by atoms with Gasteiger partial charge < -0.3 is 10.8 Å². The molecule has 4 N–H and O–H groups in total. The molecule has 0 aromatic heterocycles. The third-order valence-electron chi connectivity index (χ3n) is 4.04. The maximum atomic E-state index is 13.6. The highest BCUT2D eigenvalue weighted by Gasteiger charge is 2.33. The first kappa shape index (κ1) is 16.2. The molecule has 0 saturated heterocycles. The molecule has 1 aliphatic carbocycles. The number of hydrogen-bond donors (Lipinski definition) is 3. The molecular formula is C14H21FN2O3S. The van der Waals surface area contributed by atoms with Gasteiger partial charge in [-0.25, -0.2) is 17.5 Å². The van der Waals surface area contributed by atoms with Crippen molar-refractivity contribution in [2.75, 3.05) is 12.3 Å². The lowest BCUT2D eigenvalue weighted by molar-refractivity contribution is -0.00183.